The van der Waals surface area contributed by atoms with Crippen LogP contribution in [0.25, 0.3) is 15.9 Å². The van der Waals surface area contributed by atoms with Gasteiger partial charge in [-0.15, -0.1) is 0 Å². The number of rotatable bonds is 6. The summed E-state index contributed by atoms with van der Waals surface area (Å²) in [7, 11) is 0. The van der Waals surface area contributed by atoms with Crippen molar-refractivity contribution in [3.63, 3.8) is 0 Å². The minimum absolute atomic E-state index is 0.176. The molecule has 0 bridgehead atoms. The van der Waals surface area contributed by atoms with Gasteiger partial charge in [0.05, 0.1) is 17.7 Å². The number of pyridine rings is 1. The van der Waals surface area contributed by atoms with Crippen LogP contribution in [0.1, 0.15) is 36.1 Å². The fourth-order valence-corrected chi connectivity index (χ4v) is 3.89. The van der Waals surface area contributed by atoms with Crippen LogP contribution in [0.2, 0.25) is 0 Å². The van der Waals surface area contributed by atoms with E-state index in [2.05, 4.69) is 37.5 Å². The Bertz CT molecular complexity index is 1360. The lowest BCUT2D eigenvalue weighted by Crippen LogP contribution is -2.16. The zero-order valence-corrected chi connectivity index (χ0v) is 17.4. The number of anilines is 2. The van der Waals surface area contributed by atoms with Gasteiger partial charge in [-0.05, 0) is 35.7 Å². The van der Waals surface area contributed by atoms with E-state index in [1.165, 1.54) is 0 Å². The minimum atomic E-state index is -0.641. The summed E-state index contributed by atoms with van der Waals surface area (Å²) in [6, 6.07) is 9.04. The highest BCUT2D eigenvalue weighted by Crippen LogP contribution is 2.40. The first kappa shape index (κ1) is 19.6. The number of hydrogen-bond acceptors (Lipinski definition) is 6. The Labute approximate surface area is 184 Å². The van der Waals surface area contributed by atoms with Crippen molar-refractivity contribution in [1.82, 2.24) is 24.7 Å². The lowest BCUT2D eigenvalue weighted by Gasteiger charge is -2.12. The highest BCUT2D eigenvalue weighted by molar-refractivity contribution is 6.07. The van der Waals surface area contributed by atoms with E-state index in [0.29, 0.717) is 35.2 Å². The van der Waals surface area contributed by atoms with Crippen LogP contribution < -0.4 is 10.6 Å². The largest absolute Gasteiger partial charge is 0.350 e. The van der Waals surface area contributed by atoms with Crippen molar-refractivity contribution in [3.8, 4) is 0 Å². The molecule has 1 unspecified atom stereocenters. The molecular formula is C23H20N8O. The molecule has 0 saturated heterocycles. The van der Waals surface area contributed by atoms with Crippen LogP contribution in [0.15, 0.2) is 48.9 Å². The number of nitrogens with zero attached hydrogens (tertiary/aromatic N) is 6. The Kier molecular flexibility index (Phi) is 4.95. The fourth-order valence-electron chi connectivity index (χ4n) is 3.89. The molecule has 1 aromatic carbocycles. The third kappa shape index (κ3) is 3.52. The smallest absolute Gasteiger partial charge is 0.238 e. The van der Waals surface area contributed by atoms with E-state index in [9.17, 15) is 4.79 Å². The minimum Gasteiger partial charge on any atom is -0.350 e. The Morgan fingerprint density at radius 1 is 1.22 bits per heavy atom. The van der Waals surface area contributed by atoms with Crippen LogP contribution in [-0.4, -0.2) is 30.6 Å². The molecule has 1 aliphatic heterocycles. The van der Waals surface area contributed by atoms with Gasteiger partial charge in [0.1, 0.15) is 5.92 Å². The highest BCUT2D eigenvalue weighted by atomic mass is 16.2. The maximum absolute atomic E-state index is 13.0. The number of carbonyl (C=O) groups excluding carboxylic acids is 1. The van der Waals surface area contributed by atoms with E-state index >= 15 is 0 Å². The summed E-state index contributed by atoms with van der Waals surface area (Å²) in [4.78, 5) is 29.9. The summed E-state index contributed by atoms with van der Waals surface area (Å²) in [5, 5.41) is 11.5. The summed E-state index contributed by atoms with van der Waals surface area (Å²) >= 11 is 0. The number of nitrogens with one attached hydrogen (secondary N) is 2. The molecule has 1 aliphatic rings. The predicted octanol–water partition coefficient (Wildman–Crippen LogP) is 3.88. The van der Waals surface area contributed by atoms with E-state index < -0.39 is 5.92 Å². The number of carbonyl (C=O) groups is 1. The topological polar surface area (TPSA) is 102 Å². The first-order chi connectivity index (χ1) is 15.7. The average Bonchev–Trinajstić information content (AvgIpc) is 3.37. The van der Waals surface area contributed by atoms with Gasteiger partial charge in [-0.25, -0.2) is 9.83 Å². The lowest BCUT2D eigenvalue weighted by molar-refractivity contribution is -0.116. The Balaban J connectivity index is 1.61. The van der Waals surface area contributed by atoms with Gasteiger partial charge in [0.2, 0.25) is 11.9 Å². The van der Waals surface area contributed by atoms with E-state index in [4.69, 9.17) is 11.6 Å². The molecule has 4 heterocycles. The van der Waals surface area contributed by atoms with Gasteiger partial charge in [-0.1, -0.05) is 19.1 Å². The summed E-state index contributed by atoms with van der Waals surface area (Å²) in [6.07, 6.45) is 6.27. The number of hydrogen-bond donors (Lipinski definition) is 2. The van der Waals surface area contributed by atoms with Crippen molar-refractivity contribution in [1.29, 1.82) is 0 Å². The highest BCUT2D eigenvalue weighted by Gasteiger charge is 2.35. The molecule has 32 heavy (non-hydrogen) atoms. The fraction of sp³-hybridized carbons (Fsp3) is 0.217. The van der Waals surface area contributed by atoms with Gasteiger partial charge in [-0.3, -0.25) is 14.5 Å². The Hall–Kier alpha value is -4.32. The molecule has 4 aromatic rings. The molecule has 3 aromatic heterocycles. The third-order valence-corrected chi connectivity index (χ3v) is 5.38. The molecule has 0 aliphatic carbocycles. The Morgan fingerprint density at radius 3 is 2.84 bits per heavy atom. The maximum Gasteiger partial charge on any atom is 0.238 e. The monoisotopic (exact) mass is 424 g/mol. The number of aryl methyl sites for hydroxylation is 1. The zero-order valence-electron chi connectivity index (χ0n) is 17.4. The van der Waals surface area contributed by atoms with Crippen LogP contribution in [0, 0.1) is 6.57 Å². The number of fused-ring (bicyclic) bond motifs is 2. The van der Waals surface area contributed by atoms with Gasteiger partial charge in [0, 0.05) is 37.4 Å². The first-order valence-electron chi connectivity index (χ1n) is 10.4. The first-order valence-corrected chi connectivity index (χ1v) is 10.4. The standard InChI is InChI=1S/C23H20N8O/c1-3-10-31-13-17-20(19-16-11-15(24-2)4-5-18(16)27-22(19)32)28-23(29-21(17)30-31)26-12-14-6-8-25-9-7-14/h4-9,11,13,19H,3,10,12H2,1H3,(H,27,32)(H,26,29,30). The lowest BCUT2D eigenvalue weighted by atomic mass is 9.95. The van der Waals surface area contributed by atoms with Crippen molar-refractivity contribution in [2.45, 2.75) is 32.4 Å². The second kappa shape index (κ2) is 8.07. The molecule has 158 valence electrons. The quantitative estimate of drug-likeness (QED) is 0.456. The molecule has 5 rings (SSSR count). The molecule has 0 fully saturated rings. The van der Waals surface area contributed by atoms with Crippen molar-refractivity contribution in [2.75, 3.05) is 10.6 Å². The number of benzene rings is 1. The van der Waals surface area contributed by atoms with Crippen molar-refractivity contribution >= 4 is 34.3 Å². The summed E-state index contributed by atoms with van der Waals surface area (Å²) in [5.74, 6) is -0.419. The van der Waals surface area contributed by atoms with Gasteiger partial charge in [0.15, 0.2) is 11.3 Å². The maximum atomic E-state index is 13.0. The van der Waals surface area contributed by atoms with Crippen LogP contribution in [0.5, 0.6) is 0 Å². The van der Waals surface area contributed by atoms with Crippen LogP contribution in [0.3, 0.4) is 0 Å². The summed E-state index contributed by atoms with van der Waals surface area (Å²) < 4.78 is 1.83. The van der Waals surface area contributed by atoms with E-state index in [0.717, 1.165) is 29.5 Å². The van der Waals surface area contributed by atoms with Crippen molar-refractivity contribution in [2.24, 2.45) is 0 Å². The molecule has 2 N–H and O–H groups in total. The summed E-state index contributed by atoms with van der Waals surface area (Å²) in [6.45, 7) is 10.7. The molecule has 0 radical (unpaired) electrons. The van der Waals surface area contributed by atoms with E-state index in [1.807, 2.05) is 23.0 Å². The molecule has 1 amide bonds. The predicted molar refractivity (Wildman–Crippen MR) is 120 cm³/mol. The Morgan fingerprint density at radius 2 is 2.06 bits per heavy atom. The van der Waals surface area contributed by atoms with Gasteiger partial charge < -0.3 is 10.6 Å². The van der Waals surface area contributed by atoms with Gasteiger partial charge in [-0.2, -0.15) is 10.1 Å². The van der Waals surface area contributed by atoms with Crippen LogP contribution >= 0.6 is 0 Å². The molecule has 0 saturated carbocycles. The molecule has 0 spiro atoms. The van der Waals surface area contributed by atoms with Crippen LogP contribution in [-0.2, 0) is 17.9 Å². The zero-order chi connectivity index (χ0) is 22.1. The number of amides is 1. The average molecular weight is 424 g/mol. The van der Waals surface area contributed by atoms with Crippen LogP contribution in [0.4, 0.5) is 17.3 Å². The van der Waals surface area contributed by atoms with Crippen molar-refractivity contribution in [3.05, 3.63) is 77.2 Å². The van der Waals surface area contributed by atoms with Crippen molar-refractivity contribution < 1.29 is 4.79 Å². The molecular weight excluding hydrogens is 404 g/mol. The summed E-state index contributed by atoms with van der Waals surface area (Å²) in [5.41, 5.74) is 4.06. The molecule has 9 nitrogen and oxygen atoms in total. The SMILES string of the molecule is [C-]#[N+]c1ccc2c(c1)C(c1nc(NCc3ccncc3)nc3nn(CCC)cc13)C(=O)N2. The van der Waals surface area contributed by atoms with Gasteiger partial charge in [0.25, 0.3) is 0 Å². The van der Waals surface area contributed by atoms with E-state index in [-0.39, 0.29) is 5.91 Å². The number of aromatic nitrogens is 5. The second-order valence-electron chi connectivity index (χ2n) is 7.58. The van der Waals surface area contributed by atoms with Gasteiger partial charge >= 0.3 is 0 Å². The second-order valence-corrected chi connectivity index (χ2v) is 7.58. The molecule has 1 atom stereocenters. The molecule has 9 heteroatoms. The third-order valence-electron chi connectivity index (χ3n) is 5.38. The van der Waals surface area contributed by atoms with E-state index in [1.54, 1.807) is 30.6 Å². The normalized spacial score (nSPS) is 14.8.